The lowest BCUT2D eigenvalue weighted by molar-refractivity contribution is -0.138. The van der Waals surface area contributed by atoms with Crippen LogP contribution >= 0.6 is 15.9 Å². The summed E-state index contributed by atoms with van der Waals surface area (Å²) in [6.07, 6.45) is 1.76. The molecule has 0 amide bonds. The van der Waals surface area contributed by atoms with Gasteiger partial charge in [0.05, 0.1) is 6.26 Å². The van der Waals surface area contributed by atoms with Crippen molar-refractivity contribution in [3.63, 3.8) is 0 Å². The van der Waals surface area contributed by atoms with Gasteiger partial charge in [0.25, 0.3) is 0 Å². The zero-order chi connectivity index (χ0) is 9.14. The summed E-state index contributed by atoms with van der Waals surface area (Å²) in [4.78, 5) is 10.3. The number of carbonyl (C=O) groups is 1. The van der Waals surface area contributed by atoms with Crippen LogP contribution in [0.25, 0.3) is 0 Å². The Morgan fingerprint density at radius 3 is 2.92 bits per heavy atom. The van der Waals surface area contributed by atoms with E-state index < -0.39 is 12.0 Å². The quantitative estimate of drug-likeness (QED) is 0.817. The molecule has 0 aliphatic carbocycles. The van der Waals surface area contributed by atoms with Gasteiger partial charge in [0.15, 0.2) is 4.67 Å². The molecule has 66 valence electrons. The SMILES string of the molecule is NC(Cc1coc(Br)c1)C(=O)O. The molecule has 0 spiro atoms. The number of hydrogen-bond donors (Lipinski definition) is 2. The standard InChI is InChI=1S/C7H8BrNO3/c8-6-2-4(3-12-6)1-5(9)7(10)11/h2-3,5H,1,9H2,(H,10,11). The molecule has 0 saturated heterocycles. The zero-order valence-electron chi connectivity index (χ0n) is 6.16. The molecule has 1 aromatic rings. The Kier molecular flexibility index (Phi) is 2.88. The van der Waals surface area contributed by atoms with Crippen molar-refractivity contribution in [1.82, 2.24) is 0 Å². The van der Waals surface area contributed by atoms with Crippen molar-refractivity contribution in [3.8, 4) is 0 Å². The molecule has 1 rings (SSSR count). The summed E-state index contributed by atoms with van der Waals surface area (Å²) in [5.74, 6) is -1.01. The first kappa shape index (κ1) is 9.28. The van der Waals surface area contributed by atoms with E-state index in [0.717, 1.165) is 5.56 Å². The Balaban J connectivity index is 2.58. The van der Waals surface area contributed by atoms with E-state index in [9.17, 15) is 4.79 Å². The number of hydrogen-bond acceptors (Lipinski definition) is 3. The van der Waals surface area contributed by atoms with Crippen molar-refractivity contribution in [2.45, 2.75) is 12.5 Å². The lowest BCUT2D eigenvalue weighted by Gasteiger charge is -2.01. The minimum absolute atomic E-state index is 0.282. The van der Waals surface area contributed by atoms with Crippen molar-refractivity contribution in [2.24, 2.45) is 5.73 Å². The molecule has 0 bridgehead atoms. The Bertz CT molecular complexity index is 284. The van der Waals surface area contributed by atoms with Gasteiger partial charge in [-0.1, -0.05) is 0 Å². The number of halogens is 1. The monoisotopic (exact) mass is 233 g/mol. The second kappa shape index (κ2) is 3.73. The molecule has 1 atom stereocenters. The minimum atomic E-state index is -1.01. The van der Waals surface area contributed by atoms with E-state index in [-0.39, 0.29) is 6.42 Å². The van der Waals surface area contributed by atoms with Gasteiger partial charge in [-0.25, -0.2) is 0 Å². The Morgan fingerprint density at radius 1 is 1.83 bits per heavy atom. The highest BCUT2D eigenvalue weighted by Gasteiger charge is 2.13. The molecule has 0 aliphatic heterocycles. The molecule has 0 aliphatic rings. The van der Waals surface area contributed by atoms with Crippen LogP contribution in [0.3, 0.4) is 0 Å². The number of carboxylic acid groups (broad SMARTS) is 1. The summed E-state index contributed by atoms with van der Waals surface area (Å²) in [7, 11) is 0. The number of furan rings is 1. The van der Waals surface area contributed by atoms with Crippen LogP contribution in [0.2, 0.25) is 0 Å². The molecule has 1 heterocycles. The summed E-state index contributed by atoms with van der Waals surface area (Å²) in [6.45, 7) is 0. The fourth-order valence-corrected chi connectivity index (χ4v) is 1.18. The lowest BCUT2D eigenvalue weighted by Crippen LogP contribution is -2.32. The van der Waals surface area contributed by atoms with E-state index in [0.29, 0.717) is 4.67 Å². The van der Waals surface area contributed by atoms with E-state index >= 15 is 0 Å². The van der Waals surface area contributed by atoms with E-state index in [1.165, 1.54) is 6.26 Å². The topological polar surface area (TPSA) is 76.5 Å². The smallest absolute Gasteiger partial charge is 0.320 e. The highest BCUT2D eigenvalue weighted by atomic mass is 79.9. The maximum absolute atomic E-state index is 10.3. The summed E-state index contributed by atoms with van der Waals surface area (Å²) < 4.78 is 5.49. The van der Waals surface area contributed by atoms with Crippen LogP contribution in [0, 0.1) is 0 Å². The minimum Gasteiger partial charge on any atom is -0.480 e. The second-order valence-electron chi connectivity index (χ2n) is 2.41. The number of carboxylic acids is 1. The van der Waals surface area contributed by atoms with Crippen LogP contribution in [-0.4, -0.2) is 17.1 Å². The van der Waals surface area contributed by atoms with Crippen molar-refractivity contribution < 1.29 is 14.3 Å². The summed E-state index contributed by atoms with van der Waals surface area (Å²) >= 11 is 3.10. The van der Waals surface area contributed by atoms with Crippen LogP contribution < -0.4 is 5.73 Å². The van der Waals surface area contributed by atoms with Crippen LogP contribution in [0.4, 0.5) is 0 Å². The Hall–Kier alpha value is -0.810. The predicted octanol–water partition coefficient (Wildman–Crippen LogP) is 0.997. The van der Waals surface area contributed by atoms with Crippen LogP contribution in [0.5, 0.6) is 0 Å². The van der Waals surface area contributed by atoms with Crippen molar-refractivity contribution in [2.75, 3.05) is 0 Å². The van der Waals surface area contributed by atoms with Crippen LogP contribution in [-0.2, 0) is 11.2 Å². The molecular formula is C7H8BrNO3. The van der Waals surface area contributed by atoms with Crippen molar-refractivity contribution in [3.05, 3.63) is 22.6 Å². The van der Waals surface area contributed by atoms with Gasteiger partial charge in [-0.2, -0.15) is 0 Å². The average Bonchev–Trinajstić information content (AvgIpc) is 2.35. The average molecular weight is 234 g/mol. The van der Waals surface area contributed by atoms with Crippen LogP contribution in [0.15, 0.2) is 21.4 Å². The fraction of sp³-hybridized carbons (Fsp3) is 0.286. The molecule has 5 heteroatoms. The van der Waals surface area contributed by atoms with Gasteiger partial charge in [-0.15, -0.1) is 0 Å². The molecule has 0 aromatic carbocycles. The van der Waals surface area contributed by atoms with Gasteiger partial charge in [0, 0.05) is 6.42 Å². The van der Waals surface area contributed by atoms with Gasteiger partial charge in [0.2, 0.25) is 0 Å². The molecule has 1 unspecified atom stereocenters. The first-order valence-corrected chi connectivity index (χ1v) is 4.10. The molecule has 0 fully saturated rings. The molecule has 3 N–H and O–H groups in total. The fourth-order valence-electron chi connectivity index (χ4n) is 0.794. The van der Waals surface area contributed by atoms with Gasteiger partial charge in [0.1, 0.15) is 6.04 Å². The largest absolute Gasteiger partial charge is 0.480 e. The molecule has 0 radical (unpaired) electrons. The Labute approximate surface area is 77.5 Å². The number of rotatable bonds is 3. The first-order chi connectivity index (χ1) is 5.59. The third kappa shape index (κ3) is 2.35. The van der Waals surface area contributed by atoms with Crippen molar-refractivity contribution >= 4 is 21.9 Å². The third-order valence-corrected chi connectivity index (χ3v) is 1.81. The number of aliphatic carboxylic acids is 1. The van der Waals surface area contributed by atoms with E-state index in [1.807, 2.05) is 0 Å². The van der Waals surface area contributed by atoms with Crippen molar-refractivity contribution in [1.29, 1.82) is 0 Å². The highest BCUT2D eigenvalue weighted by molar-refractivity contribution is 9.10. The van der Waals surface area contributed by atoms with E-state index in [1.54, 1.807) is 6.07 Å². The van der Waals surface area contributed by atoms with E-state index in [2.05, 4.69) is 15.9 Å². The summed E-state index contributed by atoms with van der Waals surface area (Å²) in [5.41, 5.74) is 6.08. The lowest BCUT2D eigenvalue weighted by atomic mass is 10.1. The van der Waals surface area contributed by atoms with E-state index in [4.69, 9.17) is 15.3 Å². The van der Waals surface area contributed by atoms with Gasteiger partial charge in [-0.05, 0) is 27.6 Å². The number of nitrogens with two attached hydrogens (primary N) is 1. The second-order valence-corrected chi connectivity index (χ2v) is 3.19. The maximum Gasteiger partial charge on any atom is 0.320 e. The van der Waals surface area contributed by atoms with Crippen LogP contribution in [0.1, 0.15) is 5.56 Å². The molecule has 1 aromatic heterocycles. The molecule has 12 heavy (non-hydrogen) atoms. The maximum atomic E-state index is 10.3. The zero-order valence-corrected chi connectivity index (χ0v) is 7.74. The molecule has 4 nitrogen and oxygen atoms in total. The first-order valence-electron chi connectivity index (χ1n) is 3.31. The van der Waals surface area contributed by atoms with Gasteiger partial charge in [-0.3, -0.25) is 4.79 Å². The summed E-state index contributed by atoms with van der Waals surface area (Å²) in [6, 6.07) is 0.831. The normalized spacial score (nSPS) is 12.8. The molecular weight excluding hydrogens is 226 g/mol. The predicted molar refractivity (Wildman–Crippen MR) is 45.7 cm³/mol. The highest BCUT2D eigenvalue weighted by Crippen LogP contribution is 2.14. The van der Waals surface area contributed by atoms with Gasteiger partial charge < -0.3 is 15.3 Å². The Morgan fingerprint density at radius 2 is 2.50 bits per heavy atom. The van der Waals surface area contributed by atoms with Gasteiger partial charge >= 0.3 is 5.97 Å². The summed E-state index contributed by atoms with van der Waals surface area (Å²) in [5, 5.41) is 8.48. The third-order valence-electron chi connectivity index (χ3n) is 1.39. The molecule has 0 saturated carbocycles.